The summed E-state index contributed by atoms with van der Waals surface area (Å²) in [6.07, 6.45) is 0.0914. The Morgan fingerprint density at radius 1 is 1.60 bits per heavy atom. The summed E-state index contributed by atoms with van der Waals surface area (Å²) in [5.41, 5.74) is 1.04. The summed E-state index contributed by atoms with van der Waals surface area (Å²) in [7, 11) is 3.71. The van der Waals surface area contributed by atoms with Crippen LogP contribution in [0.5, 0.6) is 5.75 Å². The van der Waals surface area contributed by atoms with Crippen molar-refractivity contribution in [2.45, 2.75) is 6.10 Å². The molecule has 0 saturated carbocycles. The molecule has 15 heavy (non-hydrogen) atoms. The Balaban J connectivity index is 2.24. The minimum absolute atomic E-state index is 0.0914. The maximum Gasteiger partial charge on any atom is 0.143 e. The highest BCUT2D eigenvalue weighted by Crippen LogP contribution is 2.34. The third kappa shape index (κ3) is 2.19. The number of hydrogen-bond donors (Lipinski definition) is 0. The molecule has 0 aromatic heterocycles. The van der Waals surface area contributed by atoms with Gasteiger partial charge in [0.1, 0.15) is 11.9 Å². The average Bonchev–Trinajstić information content (AvgIpc) is 2.20. The number of fused-ring (bicyclic) bond motifs is 1. The standard InChI is InChI=1S/C11H14ClNO2/c1-13-6-9(7-14-2)15-11-4-3-8(12)5-10(11)13/h3-5,9H,6-7H2,1-2H3/t9-/m1/s1. The Kier molecular flexibility index (Phi) is 3.03. The van der Waals surface area contributed by atoms with Gasteiger partial charge in [-0.15, -0.1) is 0 Å². The lowest BCUT2D eigenvalue weighted by Crippen LogP contribution is -2.40. The molecule has 0 saturated heterocycles. The molecule has 1 aromatic carbocycles. The second kappa shape index (κ2) is 4.29. The van der Waals surface area contributed by atoms with Crippen LogP contribution in [-0.2, 0) is 4.74 Å². The minimum Gasteiger partial charge on any atom is -0.484 e. The first kappa shape index (κ1) is 10.6. The molecule has 0 fully saturated rings. The monoisotopic (exact) mass is 227 g/mol. The molecular weight excluding hydrogens is 214 g/mol. The zero-order chi connectivity index (χ0) is 10.8. The Morgan fingerprint density at radius 3 is 3.13 bits per heavy atom. The smallest absolute Gasteiger partial charge is 0.143 e. The van der Waals surface area contributed by atoms with Gasteiger partial charge >= 0.3 is 0 Å². The van der Waals surface area contributed by atoms with E-state index in [0.29, 0.717) is 6.61 Å². The molecule has 2 rings (SSSR count). The van der Waals surface area contributed by atoms with Crippen LogP contribution in [0, 0.1) is 0 Å². The van der Waals surface area contributed by atoms with Crippen LogP contribution in [0.4, 0.5) is 5.69 Å². The highest BCUT2D eigenvalue weighted by molar-refractivity contribution is 6.30. The number of nitrogens with zero attached hydrogens (tertiary/aromatic N) is 1. The number of rotatable bonds is 2. The molecule has 1 aliphatic heterocycles. The SMILES string of the molecule is COC[C@H]1CN(C)c2cc(Cl)ccc2O1. The number of ether oxygens (including phenoxy) is 2. The van der Waals surface area contributed by atoms with Crippen molar-refractivity contribution in [2.75, 3.05) is 32.2 Å². The van der Waals surface area contributed by atoms with Crippen molar-refractivity contribution in [1.29, 1.82) is 0 Å². The van der Waals surface area contributed by atoms with Gasteiger partial charge in [0.15, 0.2) is 0 Å². The largest absolute Gasteiger partial charge is 0.484 e. The van der Waals surface area contributed by atoms with Crippen LogP contribution in [0.3, 0.4) is 0 Å². The van der Waals surface area contributed by atoms with E-state index in [1.54, 1.807) is 7.11 Å². The molecule has 1 heterocycles. The second-order valence-electron chi connectivity index (χ2n) is 3.69. The first-order valence-electron chi connectivity index (χ1n) is 4.87. The van der Waals surface area contributed by atoms with Crippen molar-refractivity contribution in [2.24, 2.45) is 0 Å². The predicted octanol–water partition coefficient (Wildman–Crippen LogP) is 2.18. The van der Waals surface area contributed by atoms with Crippen LogP contribution >= 0.6 is 11.6 Å². The summed E-state index contributed by atoms with van der Waals surface area (Å²) in [6, 6.07) is 5.65. The summed E-state index contributed by atoms with van der Waals surface area (Å²) in [5.74, 6) is 0.871. The van der Waals surface area contributed by atoms with Crippen molar-refractivity contribution >= 4 is 17.3 Å². The lowest BCUT2D eigenvalue weighted by Gasteiger charge is -2.33. The van der Waals surface area contributed by atoms with E-state index in [2.05, 4.69) is 4.90 Å². The van der Waals surface area contributed by atoms with Crippen molar-refractivity contribution in [1.82, 2.24) is 0 Å². The molecule has 0 unspecified atom stereocenters. The van der Waals surface area contributed by atoms with Crippen LogP contribution in [0.2, 0.25) is 5.02 Å². The summed E-state index contributed by atoms with van der Waals surface area (Å²) in [4.78, 5) is 2.13. The summed E-state index contributed by atoms with van der Waals surface area (Å²) in [5, 5.41) is 0.731. The predicted molar refractivity (Wildman–Crippen MR) is 61.0 cm³/mol. The Morgan fingerprint density at radius 2 is 2.40 bits per heavy atom. The van der Waals surface area contributed by atoms with Crippen LogP contribution in [0.15, 0.2) is 18.2 Å². The molecule has 0 bridgehead atoms. The van der Waals surface area contributed by atoms with Gasteiger partial charge in [-0.25, -0.2) is 0 Å². The molecule has 0 amide bonds. The maximum absolute atomic E-state index is 5.93. The van der Waals surface area contributed by atoms with E-state index in [1.807, 2.05) is 25.2 Å². The first-order chi connectivity index (χ1) is 7.20. The molecule has 0 radical (unpaired) electrons. The van der Waals surface area contributed by atoms with E-state index in [0.717, 1.165) is 23.0 Å². The van der Waals surface area contributed by atoms with Crippen molar-refractivity contribution in [3.63, 3.8) is 0 Å². The Hall–Kier alpha value is -0.930. The fourth-order valence-corrected chi connectivity index (χ4v) is 1.95. The minimum atomic E-state index is 0.0914. The van der Waals surface area contributed by atoms with Gasteiger partial charge in [-0.1, -0.05) is 11.6 Å². The molecule has 1 aromatic rings. The molecule has 1 aliphatic rings. The van der Waals surface area contributed by atoms with Gasteiger partial charge < -0.3 is 14.4 Å². The zero-order valence-corrected chi connectivity index (χ0v) is 9.62. The molecule has 0 N–H and O–H groups in total. The molecule has 0 aliphatic carbocycles. The fourth-order valence-electron chi connectivity index (χ4n) is 1.78. The topological polar surface area (TPSA) is 21.7 Å². The molecule has 0 spiro atoms. The van der Waals surface area contributed by atoms with E-state index in [9.17, 15) is 0 Å². The third-order valence-corrected chi connectivity index (χ3v) is 2.69. The molecule has 1 atom stereocenters. The number of methoxy groups -OCH3 is 1. The number of halogens is 1. The lowest BCUT2D eigenvalue weighted by molar-refractivity contribution is 0.0801. The number of benzene rings is 1. The zero-order valence-electron chi connectivity index (χ0n) is 8.87. The summed E-state index contributed by atoms with van der Waals surface area (Å²) >= 11 is 5.93. The van der Waals surface area contributed by atoms with Crippen LogP contribution in [0.1, 0.15) is 0 Å². The fraction of sp³-hybridized carbons (Fsp3) is 0.455. The van der Waals surface area contributed by atoms with Gasteiger partial charge in [0, 0.05) is 19.2 Å². The Labute approximate surface area is 94.5 Å². The van der Waals surface area contributed by atoms with Gasteiger partial charge in [0.2, 0.25) is 0 Å². The second-order valence-corrected chi connectivity index (χ2v) is 4.12. The highest BCUT2D eigenvalue weighted by Gasteiger charge is 2.23. The third-order valence-electron chi connectivity index (χ3n) is 2.46. The average molecular weight is 228 g/mol. The van der Waals surface area contributed by atoms with Crippen LogP contribution in [-0.4, -0.2) is 33.4 Å². The molecular formula is C11H14ClNO2. The van der Waals surface area contributed by atoms with E-state index < -0.39 is 0 Å². The van der Waals surface area contributed by atoms with Crippen LogP contribution < -0.4 is 9.64 Å². The van der Waals surface area contributed by atoms with E-state index >= 15 is 0 Å². The first-order valence-corrected chi connectivity index (χ1v) is 5.25. The summed E-state index contributed by atoms with van der Waals surface area (Å²) < 4.78 is 10.9. The lowest BCUT2D eigenvalue weighted by atomic mass is 10.2. The van der Waals surface area contributed by atoms with E-state index in [4.69, 9.17) is 21.1 Å². The normalized spacial score (nSPS) is 19.7. The van der Waals surface area contributed by atoms with Gasteiger partial charge in [0.25, 0.3) is 0 Å². The van der Waals surface area contributed by atoms with E-state index in [-0.39, 0.29) is 6.10 Å². The van der Waals surface area contributed by atoms with E-state index in [1.165, 1.54) is 0 Å². The van der Waals surface area contributed by atoms with Crippen molar-refractivity contribution < 1.29 is 9.47 Å². The van der Waals surface area contributed by atoms with Gasteiger partial charge in [-0.2, -0.15) is 0 Å². The number of anilines is 1. The maximum atomic E-state index is 5.93. The number of hydrogen-bond acceptors (Lipinski definition) is 3. The van der Waals surface area contributed by atoms with Gasteiger partial charge in [0.05, 0.1) is 18.8 Å². The van der Waals surface area contributed by atoms with Crippen molar-refractivity contribution in [3.05, 3.63) is 23.2 Å². The molecule has 4 heteroatoms. The van der Waals surface area contributed by atoms with Crippen LogP contribution in [0.25, 0.3) is 0 Å². The number of likely N-dealkylation sites (N-methyl/N-ethyl adjacent to an activating group) is 1. The molecule has 82 valence electrons. The summed E-state index contributed by atoms with van der Waals surface area (Å²) in [6.45, 7) is 1.42. The van der Waals surface area contributed by atoms with Gasteiger partial charge in [-0.05, 0) is 18.2 Å². The van der Waals surface area contributed by atoms with Crippen molar-refractivity contribution in [3.8, 4) is 5.75 Å². The molecule has 3 nitrogen and oxygen atoms in total. The quantitative estimate of drug-likeness (QED) is 0.773. The Bertz CT molecular complexity index is 356. The highest BCUT2D eigenvalue weighted by atomic mass is 35.5. The van der Waals surface area contributed by atoms with Gasteiger partial charge in [-0.3, -0.25) is 0 Å².